The summed E-state index contributed by atoms with van der Waals surface area (Å²) < 4.78 is 0. The Morgan fingerprint density at radius 2 is 1.81 bits per heavy atom. The summed E-state index contributed by atoms with van der Waals surface area (Å²) in [5, 5.41) is 2.64. The van der Waals surface area contributed by atoms with Crippen LogP contribution in [0.1, 0.15) is 25.3 Å². The van der Waals surface area contributed by atoms with Crippen molar-refractivity contribution in [1.29, 1.82) is 0 Å². The highest BCUT2D eigenvalue weighted by Crippen LogP contribution is 2.19. The molecule has 0 saturated heterocycles. The van der Waals surface area contributed by atoms with Crippen LogP contribution in [0.2, 0.25) is 0 Å². The summed E-state index contributed by atoms with van der Waals surface area (Å²) in [5.74, 6) is 0. The van der Waals surface area contributed by atoms with Gasteiger partial charge in [0.2, 0.25) is 0 Å². The van der Waals surface area contributed by atoms with E-state index in [9.17, 15) is 0 Å². The summed E-state index contributed by atoms with van der Waals surface area (Å²) >= 11 is 5.40. The molecule has 0 radical (unpaired) electrons. The molecule has 0 aliphatic rings. The molecular weight excluding hydrogens is 212 g/mol. The van der Waals surface area contributed by atoms with Gasteiger partial charge in [0.1, 0.15) is 0 Å². The van der Waals surface area contributed by atoms with Gasteiger partial charge >= 0.3 is 0 Å². The van der Waals surface area contributed by atoms with E-state index in [-0.39, 0.29) is 0 Å². The van der Waals surface area contributed by atoms with Crippen LogP contribution in [-0.4, -0.2) is 4.86 Å². The lowest BCUT2D eigenvalue weighted by molar-refractivity contribution is 0.990. The predicted molar refractivity (Wildman–Crippen MR) is 75.2 cm³/mol. The van der Waals surface area contributed by atoms with E-state index in [0.717, 1.165) is 19.3 Å². The van der Waals surface area contributed by atoms with Gasteiger partial charge in [-0.3, -0.25) is 0 Å². The third-order valence-electron chi connectivity index (χ3n) is 2.80. The average molecular weight is 228 g/mol. The number of hydrogen-bond donors (Lipinski definition) is 0. The van der Waals surface area contributed by atoms with E-state index in [1.807, 2.05) is 0 Å². The van der Waals surface area contributed by atoms with Crippen molar-refractivity contribution >= 4 is 27.9 Å². The Labute approximate surface area is 102 Å². The second kappa shape index (κ2) is 5.22. The molecule has 0 atom stereocenters. The van der Waals surface area contributed by atoms with Crippen LogP contribution in [-0.2, 0) is 6.42 Å². The van der Waals surface area contributed by atoms with Crippen molar-refractivity contribution in [1.82, 2.24) is 0 Å². The lowest BCUT2D eigenvalue weighted by atomic mass is 10.00. The highest BCUT2D eigenvalue weighted by atomic mass is 32.1. The van der Waals surface area contributed by atoms with Crippen LogP contribution in [0.4, 0.5) is 0 Å². The molecule has 0 N–H and O–H groups in total. The molecule has 0 bridgehead atoms. The Morgan fingerprint density at radius 1 is 1.06 bits per heavy atom. The first-order chi connectivity index (χ1) is 7.81. The van der Waals surface area contributed by atoms with Crippen molar-refractivity contribution < 1.29 is 0 Å². The molecule has 1 heteroatoms. The van der Waals surface area contributed by atoms with E-state index >= 15 is 0 Å². The fraction of sp³-hybridized carbons (Fsp3) is 0.267. The molecule has 0 spiro atoms. The summed E-state index contributed by atoms with van der Waals surface area (Å²) in [4.78, 5) is 1.17. The maximum atomic E-state index is 5.40. The van der Waals surface area contributed by atoms with Gasteiger partial charge in [0.15, 0.2) is 0 Å². The molecule has 2 rings (SSSR count). The number of benzene rings is 2. The van der Waals surface area contributed by atoms with Crippen LogP contribution < -0.4 is 0 Å². The first-order valence-electron chi connectivity index (χ1n) is 5.79. The Bertz CT molecular complexity index is 494. The third-order valence-corrected chi connectivity index (χ3v) is 3.14. The van der Waals surface area contributed by atoms with Gasteiger partial charge in [0.05, 0.1) is 0 Å². The second-order valence-electron chi connectivity index (χ2n) is 4.10. The summed E-state index contributed by atoms with van der Waals surface area (Å²) in [6.45, 7) is 2.18. The number of thiocarbonyl (C=S) groups is 1. The van der Waals surface area contributed by atoms with Crippen LogP contribution in [0.25, 0.3) is 10.8 Å². The van der Waals surface area contributed by atoms with Crippen LogP contribution >= 0.6 is 12.2 Å². The summed E-state index contributed by atoms with van der Waals surface area (Å²) in [7, 11) is 0. The number of fused-ring (bicyclic) bond motifs is 1. The Kier molecular flexibility index (Phi) is 3.68. The standard InChI is InChI=1S/C15H16S/c1-2-6-14(16)11-13-9-5-8-12-7-3-4-10-15(12)13/h3-5,7-10H,2,6,11H2,1H3. The van der Waals surface area contributed by atoms with E-state index in [0.29, 0.717) is 0 Å². The molecule has 82 valence electrons. The smallest absolute Gasteiger partial charge is 0.00443 e. The zero-order valence-electron chi connectivity index (χ0n) is 9.57. The van der Waals surface area contributed by atoms with Gasteiger partial charge < -0.3 is 0 Å². The van der Waals surface area contributed by atoms with Crippen molar-refractivity contribution in [2.24, 2.45) is 0 Å². The van der Waals surface area contributed by atoms with Crippen molar-refractivity contribution in [2.75, 3.05) is 0 Å². The Hall–Kier alpha value is -1.21. The molecule has 2 aromatic carbocycles. The topological polar surface area (TPSA) is 0 Å². The second-order valence-corrected chi connectivity index (χ2v) is 4.68. The summed E-state index contributed by atoms with van der Waals surface area (Å²) in [5.41, 5.74) is 1.36. The molecule has 0 unspecified atom stereocenters. The molecule has 0 heterocycles. The van der Waals surface area contributed by atoms with Gasteiger partial charge in [-0.25, -0.2) is 0 Å². The lowest BCUT2D eigenvalue weighted by Crippen LogP contribution is -1.99. The van der Waals surface area contributed by atoms with Gasteiger partial charge in [-0.1, -0.05) is 68.0 Å². The largest absolute Gasteiger partial charge is 0.0893 e. The minimum atomic E-state index is 0.935. The molecule has 0 aromatic heterocycles. The van der Waals surface area contributed by atoms with Gasteiger partial charge in [-0.15, -0.1) is 0 Å². The molecule has 0 aliphatic heterocycles. The molecule has 0 saturated carbocycles. The first-order valence-corrected chi connectivity index (χ1v) is 6.20. The van der Waals surface area contributed by atoms with Crippen molar-refractivity contribution in [3.8, 4) is 0 Å². The van der Waals surface area contributed by atoms with E-state index in [1.165, 1.54) is 21.2 Å². The monoisotopic (exact) mass is 228 g/mol. The molecule has 16 heavy (non-hydrogen) atoms. The fourth-order valence-electron chi connectivity index (χ4n) is 2.03. The van der Waals surface area contributed by atoms with E-state index < -0.39 is 0 Å². The van der Waals surface area contributed by atoms with Crippen LogP contribution in [0.3, 0.4) is 0 Å². The van der Waals surface area contributed by atoms with Crippen LogP contribution in [0, 0.1) is 0 Å². The lowest BCUT2D eigenvalue weighted by Gasteiger charge is -2.06. The van der Waals surface area contributed by atoms with E-state index in [1.54, 1.807) is 0 Å². The van der Waals surface area contributed by atoms with Gasteiger partial charge in [-0.05, 0) is 27.6 Å². The molecule has 0 amide bonds. The molecule has 0 aliphatic carbocycles. The molecular formula is C15H16S. The van der Waals surface area contributed by atoms with Crippen LogP contribution in [0.5, 0.6) is 0 Å². The van der Waals surface area contributed by atoms with Crippen LogP contribution in [0.15, 0.2) is 42.5 Å². The highest BCUT2D eigenvalue weighted by molar-refractivity contribution is 7.80. The number of rotatable bonds is 4. The van der Waals surface area contributed by atoms with Gasteiger partial charge in [0, 0.05) is 6.42 Å². The molecule has 0 nitrogen and oxygen atoms in total. The van der Waals surface area contributed by atoms with Gasteiger partial charge in [-0.2, -0.15) is 0 Å². The Balaban J connectivity index is 2.33. The summed E-state index contributed by atoms with van der Waals surface area (Å²) in [6.07, 6.45) is 3.13. The highest BCUT2D eigenvalue weighted by Gasteiger charge is 2.02. The summed E-state index contributed by atoms with van der Waals surface area (Å²) in [6, 6.07) is 15.0. The predicted octanol–water partition coefficient (Wildman–Crippen LogP) is 4.55. The van der Waals surface area contributed by atoms with E-state index in [4.69, 9.17) is 12.2 Å². The fourth-order valence-corrected chi connectivity index (χ4v) is 2.39. The molecule has 0 fully saturated rings. The SMILES string of the molecule is CCCC(=S)Cc1cccc2ccccc12. The number of hydrogen-bond acceptors (Lipinski definition) is 1. The van der Waals surface area contributed by atoms with Crippen molar-refractivity contribution in [3.05, 3.63) is 48.0 Å². The quantitative estimate of drug-likeness (QED) is 0.692. The zero-order valence-corrected chi connectivity index (χ0v) is 10.4. The Morgan fingerprint density at radius 3 is 2.62 bits per heavy atom. The maximum absolute atomic E-state index is 5.40. The van der Waals surface area contributed by atoms with Gasteiger partial charge in [0.25, 0.3) is 0 Å². The zero-order chi connectivity index (χ0) is 11.4. The van der Waals surface area contributed by atoms with Crippen molar-refractivity contribution in [3.63, 3.8) is 0 Å². The molecule has 2 aromatic rings. The van der Waals surface area contributed by atoms with E-state index in [2.05, 4.69) is 49.4 Å². The van der Waals surface area contributed by atoms with Crippen molar-refractivity contribution in [2.45, 2.75) is 26.2 Å². The minimum absolute atomic E-state index is 0.935. The average Bonchev–Trinajstić information content (AvgIpc) is 2.30. The third kappa shape index (κ3) is 2.48. The first kappa shape index (κ1) is 11.3. The minimum Gasteiger partial charge on any atom is -0.0893 e. The maximum Gasteiger partial charge on any atom is 0.00443 e. The normalized spacial score (nSPS) is 10.6.